The summed E-state index contributed by atoms with van der Waals surface area (Å²) in [6, 6.07) is 16.4. The molecule has 6 heteroatoms. The number of carbonyl (C=O) groups is 2. The normalized spacial score (nSPS) is 16.3. The minimum atomic E-state index is -0.306. The summed E-state index contributed by atoms with van der Waals surface area (Å²) in [6.45, 7) is 5.77. The summed E-state index contributed by atoms with van der Waals surface area (Å²) in [7, 11) is 0. The Hall–Kier alpha value is -3.15. The topological polar surface area (TPSA) is 79.8 Å². The number of nitrogens with one attached hydrogen (secondary N) is 2. The van der Waals surface area contributed by atoms with Crippen LogP contribution in [-0.2, 0) is 9.63 Å². The Morgan fingerprint density at radius 3 is 2.30 bits per heavy atom. The lowest BCUT2D eigenvalue weighted by atomic mass is 10.0. The second-order valence-corrected chi connectivity index (χ2v) is 7.48. The van der Waals surface area contributed by atoms with Gasteiger partial charge in [-0.3, -0.25) is 9.59 Å². The molecule has 1 unspecified atom stereocenters. The van der Waals surface area contributed by atoms with E-state index in [1.54, 1.807) is 24.3 Å². The lowest BCUT2D eigenvalue weighted by molar-refractivity contribution is -0.110. The molecule has 27 heavy (non-hydrogen) atoms. The summed E-state index contributed by atoms with van der Waals surface area (Å²) in [5.41, 5.74) is 2.16. The second kappa shape index (κ2) is 7.61. The van der Waals surface area contributed by atoms with Gasteiger partial charge in [0.05, 0.1) is 0 Å². The maximum Gasteiger partial charge on any atom is 0.273 e. The zero-order valence-corrected chi connectivity index (χ0v) is 15.7. The van der Waals surface area contributed by atoms with Crippen LogP contribution in [0.2, 0.25) is 0 Å². The van der Waals surface area contributed by atoms with Gasteiger partial charge in [0.15, 0.2) is 6.10 Å². The van der Waals surface area contributed by atoms with Crippen LogP contribution in [0.1, 0.15) is 49.2 Å². The molecule has 0 fully saturated rings. The van der Waals surface area contributed by atoms with Gasteiger partial charge in [0.2, 0.25) is 0 Å². The molecule has 1 aliphatic rings. The maximum atomic E-state index is 12.4. The molecule has 2 aromatic rings. The highest BCUT2D eigenvalue weighted by Crippen LogP contribution is 2.27. The van der Waals surface area contributed by atoms with Gasteiger partial charge in [-0.1, -0.05) is 35.5 Å². The Labute approximate surface area is 158 Å². The molecule has 0 saturated heterocycles. The molecule has 0 spiro atoms. The molecule has 2 aromatic carbocycles. The molecule has 0 saturated carbocycles. The molecule has 0 aliphatic carbocycles. The zero-order valence-electron chi connectivity index (χ0n) is 15.7. The third-order valence-electron chi connectivity index (χ3n) is 4.00. The third kappa shape index (κ3) is 4.94. The van der Waals surface area contributed by atoms with Crippen LogP contribution in [0, 0.1) is 0 Å². The van der Waals surface area contributed by atoms with Crippen molar-refractivity contribution in [1.82, 2.24) is 5.32 Å². The van der Waals surface area contributed by atoms with Gasteiger partial charge in [-0.15, -0.1) is 0 Å². The number of benzene rings is 2. The smallest absolute Gasteiger partial charge is 0.273 e. The summed E-state index contributed by atoms with van der Waals surface area (Å²) in [4.78, 5) is 29.9. The third-order valence-corrected chi connectivity index (χ3v) is 4.00. The van der Waals surface area contributed by atoms with Crippen LogP contribution in [0.3, 0.4) is 0 Å². The average molecular weight is 365 g/mol. The van der Waals surface area contributed by atoms with Crippen LogP contribution in [-0.4, -0.2) is 23.1 Å². The van der Waals surface area contributed by atoms with Crippen LogP contribution in [0.15, 0.2) is 59.8 Å². The van der Waals surface area contributed by atoms with Crippen LogP contribution < -0.4 is 10.6 Å². The van der Waals surface area contributed by atoms with Gasteiger partial charge in [-0.2, -0.15) is 0 Å². The molecule has 1 aliphatic heterocycles. The van der Waals surface area contributed by atoms with Gasteiger partial charge in [0, 0.05) is 23.2 Å². The van der Waals surface area contributed by atoms with Gasteiger partial charge in [-0.25, -0.2) is 0 Å². The van der Waals surface area contributed by atoms with E-state index in [0.717, 1.165) is 5.56 Å². The number of rotatable bonds is 4. The molecular formula is C21H23N3O3. The molecule has 2 amide bonds. The first-order chi connectivity index (χ1) is 12.8. The van der Waals surface area contributed by atoms with Crippen molar-refractivity contribution in [3.63, 3.8) is 0 Å². The number of hydrogen-bond donors (Lipinski definition) is 2. The fourth-order valence-electron chi connectivity index (χ4n) is 2.68. The minimum Gasteiger partial charge on any atom is -0.387 e. The Morgan fingerprint density at radius 2 is 1.67 bits per heavy atom. The predicted molar refractivity (Wildman–Crippen MR) is 105 cm³/mol. The van der Waals surface area contributed by atoms with Gasteiger partial charge in [0.25, 0.3) is 11.8 Å². The van der Waals surface area contributed by atoms with E-state index < -0.39 is 0 Å². The van der Waals surface area contributed by atoms with Gasteiger partial charge in [-0.05, 0) is 50.6 Å². The molecule has 0 radical (unpaired) electrons. The molecule has 6 nitrogen and oxygen atoms in total. The fraction of sp³-hybridized carbons (Fsp3) is 0.286. The number of nitrogens with zero attached hydrogens (tertiary/aromatic N) is 1. The standard InChI is InChI=1S/C21H23N3O3/c1-21(2,3)23-19(25)15-9-11-16(12-10-15)22-20(26)17-13-18(27-24-17)14-7-5-4-6-8-14/h4-12,18H,13H2,1-3H3,(H,22,26)(H,23,25). The molecule has 2 N–H and O–H groups in total. The van der Waals surface area contributed by atoms with Crippen molar-refractivity contribution >= 4 is 23.2 Å². The van der Waals surface area contributed by atoms with E-state index in [0.29, 0.717) is 23.4 Å². The summed E-state index contributed by atoms with van der Waals surface area (Å²) in [6.07, 6.45) is 0.178. The van der Waals surface area contributed by atoms with E-state index in [1.165, 1.54) is 0 Å². The van der Waals surface area contributed by atoms with Crippen molar-refractivity contribution in [3.8, 4) is 0 Å². The van der Waals surface area contributed by atoms with Crippen molar-refractivity contribution in [2.24, 2.45) is 5.16 Å². The fourth-order valence-corrected chi connectivity index (χ4v) is 2.68. The van der Waals surface area contributed by atoms with E-state index in [4.69, 9.17) is 4.84 Å². The lowest BCUT2D eigenvalue weighted by Crippen LogP contribution is -2.40. The van der Waals surface area contributed by atoms with Gasteiger partial charge >= 0.3 is 0 Å². The van der Waals surface area contributed by atoms with Crippen molar-refractivity contribution < 1.29 is 14.4 Å². The molecule has 3 rings (SSSR count). The maximum absolute atomic E-state index is 12.4. The minimum absolute atomic E-state index is 0.153. The first-order valence-electron chi connectivity index (χ1n) is 8.83. The van der Waals surface area contributed by atoms with Crippen molar-refractivity contribution in [3.05, 3.63) is 65.7 Å². The highest BCUT2D eigenvalue weighted by molar-refractivity contribution is 6.43. The predicted octanol–water partition coefficient (Wildman–Crippen LogP) is 3.67. The number of oxime groups is 1. The van der Waals surface area contributed by atoms with E-state index in [-0.39, 0.29) is 23.5 Å². The molecular weight excluding hydrogens is 342 g/mol. The first kappa shape index (κ1) is 18.6. The Bertz CT molecular complexity index is 852. The molecule has 0 aromatic heterocycles. The van der Waals surface area contributed by atoms with E-state index in [9.17, 15) is 9.59 Å². The number of anilines is 1. The largest absolute Gasteiger partial charge is 0.387 e. The van der Waals surface area contributed by atoms with Gasteiger partial charge < -0.3 is 15.5 Å². The van der Waals surface area contributed by atoms with E-state index in [2.05, 4.69) is 15.8 Å². The summed E-state index contributed by atoms with van der Waals surface area (Å²) < 4.78 is 0. The molecule has 0 bridgehead atoms. The molecule has 140 valence electrons. The second-order valence-electron chi connectivity index (χ2n) is 7.48. The lowest BCUT2D eigenvalue weighted by Gasteiger charge is -2.20. The molecule has 1 heterocycles. The van der Waals surface area contributed by atoms with Crippen LogP contribution in [0.25, 0.3) is 0 Å². The Kier molecular flexibility index (Phi) is 5.26. The highest BCUT2D eigenvalue weighted by atomic mass is 16.6. The number of hydrogen-bond acceptors (Lipinski definition) is 4. The van der Waals surface area contributed by atoms with E-state index in [1.807, 2.05) is 51.1 Å². The monoisotopic (exact) mass is 365 g/mol. The number of carbonyl (C=O) groups excluding carboxylic acids is 2. The number of amides is 2. The highest BCUT2D eigenvalue weighted by Gasteiger charge is 2.27. The van der Waals surface area contributed by atoms with Crippen LogP contribution >= 0.6 is 0 Å². The quantitative estimate of drug-likeness (QED) is 0.867. The summed E-state index contributed by atoms with van der Waals surface area (Å²) in [5.74, 6) is -0.458. The van der Waals surface area contributed by atoms with E-state index >= 15 is 0 Å². The average Bonchev–Trinajstić information content (AvgIpc) is 3.12. The first-order valence-corrected chi connectivity index (χ1v) is 8.83. The van der Waals surface area contributed by atoms with Crippen molar-refractivity contribution in [1.29, 1.82) is 0 Å². The zero-order chi connectivity index (χ0) is 19.4. The Morgan fingerprint density at radius 1 is 1.00 bits per heavy atom. The van der Waals surface area contributed by atoms with Crippen LogP contribution in [0.4, 0.5) is 5.69 Å². The SMILES string of the molecule is CC(C)(C)NC(=O)c1ccc(NC(=O)C2=NOC(c3ccccc3)C2)cc1. The summed E-state index contributed by atoms with van der Waals surface area (Å²) in [5, 5.41) is 9.60. The molecule has 1 atom stereocenters. The Balaban J connectivity index is 1.58. The van der Waals surface area contributed by atoms with Crippen LogP contribution in [0.5, 0.6) is 0 Å². The van der Waals surface area contributed by atoms with Gasteiger partial charge in [0.1, 0.15) is 5.71 Å². The van der Waals surface area contributed by atoms with Crippen molar-refractivity contribution in [2.45, 2.75) is 38.8 Å². The summed E-state index contributed by atoms with van der Waals surface area (Å²) >= 11 is 0. The van der Waals surface area contributed by atoms with Crippen molar-refractivity contribution in [2.75, 3.05) is 5.32 Å².